The quantitative estimate of drug-likeness (QED) is 0.865. The Morgan fingerprint density at radius 2 is 2.09 bits per heavy atom. The molecule has 0 fully saturated rings. The number of amides is 1. The molecule has 5 heteroatoms. The molecule has 1 aromatic carbocycles. The van der Waals surface area contributed by atoms with E-state index in [1.807, 2.05) is 24.3 Å². The molecular weight excluding hydrogens is 300 g/mol. The predicted octanol–water partition coefficient (Wildman–Crippen LogP) is 4.27. The summed E-state index contributed by atoms with van der Waals surface area (Å²) in [4.78, 5) is 15.9. The molecule has 0 aliphatic heterocycles. The first-order chi connectivity index (χ1) is 10.6. The van der Waals surface area contributed by atoms with Crippen LogP contribution in [-0.4, -0.2) is 17.5 Å². The number of carbonyl (C=O) groups excluding carboxylic acids is 1. The van der Waals surface area contributed by atoms with Gasteiger partial charge in [0.15, 0.2) is 6.61 Å². The number of carbonyl (C=O) groups is 1. The van der Waals surface area contributed by atoms with E-state index in [-0.39, 0.29) is 12.5 Å². The maximum Gasteiger partial charge on any atom is 0.263 e. The van der Waals surface area contributed by atoms with Gasteiger partial charge < -0.3 is 10.1 Å². The second-order valence-corrected chi connectivity index (χ2v) is 5.48. The van der Waals surface area contributed by atoms with Crippen molar-refractivity contribution in [3.05, 3.63) is 53.2 Å². The maximum atomic E-state index is 11.9. The molecule has 1 N–H and O–H groups in total. The van der Waals surface area contributed by atoms with E-state index in [1.165, 1.54) is 6.20 Å². The molecule has 22 heavy (non-hydrogen) atoms. The summed E-state index contributed by atoms with van der Waals surface area (Å²) in [5, 5.41) is 3.19. The highest BCUT2D eigenvalue weighted by atomic mass is 35.5. The Balaban J connectivity index is 1.95. The number of ether oxygens (including phenoxy) is 1. The van der Waals surface area contributed by atoms with E-state index >= 15 is 0 Å². The van der Waals surface area contributed by atoms with Crippen LogP contribution < -0.4 is 10.1 Å². The molecule has 0 aliphatic carbocycles. The zero-order chi connectivity index (χ0) is 15.9. The Bertz CT molecular complexity index is 629. The van der Waals surface area contributed by atoms with Crippen molar-refractivity contribution < 1.29 is 9.53 Å². The van der Waals surface area contributed by atoms with Gasteiger partial charge in [0.25, 0.3) is 5.91 Å². The fourth-order valence-corrected chi connectivity index (χ4v) is 2.12. The summed E-state index contributed by atoms with van der Waals surface area (Å²) in [7, 11) is 0. The number of hydrogen-bond donors (Lipinski definition) is 1. The molecule has 0 spiro atoms. The van der Waals surface area contributed by atoms with Crippen molar-refractivity contribution in [3.63, 3.8) is 0 Å². The van der Waals surface area contributed by atoms with Gasteiger partial charge in [-0.3, -0.25) is 4.79 Å². The first-order valence-corrected chi connectivity index (χ1v) is 7.61. The van der Waals surface area contributed by atoms with E-state index in [0.29, 0.717) is 16.8 Å². The van der Waals surface area contributed by atoms with Crippen LogP contribution in [0.3, 0.4) is 0 Å². The van der Waals surface area contributed by atoms with Gasteiger partial charge in [-0.2, -0.15) is 0 Å². The van der Waals surface area contributed by atoms with Crippen LogP contribution in [-0.2, 0) is 4.79 Å². The van der Waals surface area contributed by atoms with Gasteiger partial charge in [-0.15, -0.1) is 0 Å². The van der Waals surface area contributed by atoms with Gasteiger partial charge >= 0.3 is 0 Å². The average molecular weight is 319 g/mol. The van der Waals surface area contributed by atoms with Crippen molar-refractivity contribution in [1.29, 1.82) is 0 Å². The van der Waals surface area contributed by atoms with Crippen LogP contribution in [0, 0.1) is 0 Å². The van der Waals surface area contributed by atoms with Crippen molar-refractivity contribution >= 4 is 23.3 Å². The summed E-state index contributed by atoms with van der Waals surface area (Å²) < 4.78 is 5.65. The van der Waals surface area contributed by atoms with Gasteiger partial charge in [0, 0.05) is 6.20 Å². The molecule has 0 bridgehead atoms. The molecule has 1 amide bonds. The van der Waals surface area contributed by atoms with Crippen molar-refractivity contribution in [2.75, 3.05) is 11.9 Å². The third-order valence-electron chi connectivity index (χ3n) is 3.42. The van der Waals surface area contributed by atoms with Crippen LogP contribution in [0.15, 0.2) is 42.6 Å². The lowest BCUT2D eigenvalue weighted by atomic mass is 9.98. The molecule has 2 rings (SSSR count). The van der Waals surface area contributed by atoms with Crippen molar-refractivity contribution in [1.82, 2.24) is 4.98 Å². The Morgan fingerprint density at radius 3 is 2.77 bits per heavy atom. The Morgan fingerprint density at radius 1 is 1.32 bits per heavy atom. The first-order valence-electron chi connectivity index (χ1n) is 7.23. The van der Waals surface area contributed by atoms with Gasteiger partial charge in [-0.05, 0) is 36.1 Å². The lowest BCUT2D eigenvalue weighted by molar-refractivity contribution is -0.118. The number of benzene rings is 1. The summed E-state index contributed by atoms with van der Waals surface area (Å²) in [5.74, 6) is 1.33. The van der Waals surface area contributed by atoms with Crippen LogP contribution in [0.25, 0.3) is 0 Å². The highest BCUT2D eigenvalue weighted by Crippen LogP contribution is 2.28. The van der Waals surface area contributed by atoms with E-state index in [2.05, 4.69) is 24.1 Å². The van der Waals surface area contributed by atoms with E-state index in [1.54, 1.807) is 12.1 Å². The monoisotopic (exact) mass is 318 g/mol. The second kappa shape index (κ2) is 7.80. The normalized spacial score (nSPS) is 11.8. The number of rotatable bonds is 6. The van der Waals surface area contributed by atoms with Gasteiger partial charge in [0.1, 0.15) is 11.6 Å². The smallest absolute Gasteiger partial charge is 0.263 e. The topological polar surface area (TPSA) is 51.2 Å². The SMILES string of the molecule is CCC(C)c1ccccc1OCC(=O)Nc1ccc(Cl)cn1. The molecule has 2 aromatic rings. The molecule has 0 saturated heterocycles. The standard InChI is InChI=1S/C17H19ClN2O2/c1-3-12(2)14-6-4-5-7-15(14)22-11-17(21)20-16-9-8-13(18)10-19-16/h4-10,12H,3,11H2,1-2H3,(H,19,20,21). The van der Waals surface area contributed by atoms with Gasteiger partial charge in [-0.1, -0.05) is 43.6 Å². The summed E-state index contributed by atoms with van der Waals surface area (Å²) >= 11 is 5.75. The van der Waals surface area contributed by atoms with Crippen LogP contribution in [0.1, 0.15) is 31.7 Å². The van der Waals surface area contributed by atoms with Crippen LogP contribution >= 0.6 is 11.6 Å². The Hall–Kier alpha value is -2.07. The number of nitrogens with zero attached hydrogens (tertiary/aromatic N) is 1. The first kappa shape index (κ1) is 16.3. The summed E-state index contributed by atoms with van der Waals surface area (Å²) in [6, 6.07) is 11.1. The highest BCUT2D eigenvalue weighted by molar-refractivity contribution is 6.30. The molecule has 1 atom stereocenters. The zero-order valence-corrected chi connectivity index (χ0v) is 13.4. The average Bonchev–Trinajstić information content (AvgIpc) is 2.54. The summed E-state index contributed by atoms with van der Waals surface area (Å²) in [6.07, 6.45) is 2.50. The molecule has 0 aliphatic rings. The molecule has 1 aromatic heterocycles. The van der Waals surface area contributed by atoms with Crippen LogP contribution in [0.2, 0.25) is 5.02 Å². The summed E-state index contributed by atoms with van der Waals surface area (Å²) in [6.45, 7) is 4.21. The highest BCUT2D eigenvalue weighted by Gasteiger charge is 2.11. The molecule has 1 unspecified atom stereocenters. The van der Waals surface area contributed by atoms with Gasteiger partial charge in [0.05, 0.1) is 5.02 Å². The fourth-order valence-electron chi connectivity index (χ4n) is 2.01. The molecule has 4 nitrogen and oxygen atoms in total. The van der Waals surface area contributed by atoms with Gasteiger partial charge in [-0.25, -0.2) is 4.98 Å². The fraction of sp³-hybridized carbons (Fsp3) is 0.294. The number of para-hydroxylation sites is 1. The number of aromatic nitrogens is 1. The molecular formula is C17H19ClN2O2. The number of halogens is 1. The minimum atomic E-state index is -0.256. The molecule has 116 valence electrons. The van der Waals surface area contributed by atoms with E-state index in [4.69, 9.17) is 16.3 Å². The van der Waals surface area contributed by atoms with Crippen LogP contribution in [0.5, 0.6) is 5.75 Å². The lowest BCUT2D eigenvalue weighted by Gasteiger charge is -2.15. The van der Waals surface area contributed by atoms with E-state index in [0.717, 1.165) is 17.7 Å². The third kappa shape index (κ3) is 4.46. The molecule has 1 heterocycles. The summed E-state index contributed by atoms with van der Waals surface area (Å²) in [5.41, 5.74) is 1.11. The van der Waals surface area contributed by atoms with Crippen molar-refractivity contribution in [2.24, 2.45) is 0 Å². The zero-order valence-electron chi connectivity index (χ0n) is 12.7. The number of hydrogen-bond acceptors (Lipinski definition) is 3. The Labute approximate surface area is 135 Å². The second-order valence-electron chi connectivity index (χ2n) is 5.05. The van der Waals surface area contributed by atoms with Crippen molar-refractivity contribution in [3.8, 4) is 5.75 Å². The minimum absolute atomic E-state index is 0.0578. The number of pyridine rings is 1. The van der Waals surface area contributed by atoms with Crippen LogP contribution in [0.4, 0.5) is 5.82 Å². The largest absolute Gasteiger partial charge is 0.483 e. The van der Waals surface area contributed by atoms with Crippen molar-refractivity contribution in [2.45, 2.75) is 26.2 Å². The van der Waals surface area contributed by atoms with E-state index in [9.17, 15) is 4.79 Å². The molecule has 0 radical (unpaired) electrons. The van der Waals surface area contributed by atoms with Gasteiger partial charge in [0.2, 0.25) is 0 Å². The maximum absolute atomic E-state index is 11.9. The predicted molar refractivity (Wildman–Crippen MR) is 88.5 cm³/mol. The lowest BCUT2D eigenvalue weighted by Crippen LogP contribution is -2.21. The van der Waals surface area contributed by atoms with E-state index < -0.39 is 0 Å². The number of nitrogens with one attached hydrogen (secondary N) is 1. The number of anilines is 1. The third-order valence-corrected chi connectivity index (χ3v) is 3.64. The molecule has 0 saturated carbocycles. The minimum Gasteiger partial charge on any atom is -0.483 e. The Kier molecular flexibility index (Phi) is 5.78.